The molecule has 1 aliphatic rings. The van der Waals surface area contributed by atoms with Gasteiger partial charge in [-0.15, -0.1) is 0 Å². The molecule has 1 aromatic carbocycles. The maximum atomic E-state index is 14.1. The standard InChI is InChI=1S/C15H22FN3O/c1-11(17-2)10-18-15(20)12-5-6-14(13(16)9-12)19-7-3-4-8-19/h5-6,9,11,17H,3-4,7-8,10H2,1-2H3,(H,18,20). The molecule has 0 saturated carbocycles. The second kappa shape index (κ2) is 6.70. The molecular formula is C15H22FN3O. The predicted molar refractivity (Wildman–Crippen MR) is 78.7 cm³/mol. The topological polar surface area (TPSA) is 44.4 Å². The van der Waals surface area contributed by atoms with Crippen LogP contribution in [0.15, 0.2) is 18.2 Å². The van der Waals surface area contributed by atoms with Crippen LogP contribution in [0.5, 0.6) is 0 Å². The molecule has 1 unspecified atom stereocenters. The van der Waals surface area contributed by atoms with Crippen molar-refractivity contribution in [3.63, 3.8) is 0 Å². The van der Waals surface area contributed by atoms with E-state index in [-0.39, 0.29) is 17.8 Å². The Morgan fingerprint density at radius 2 is 2.10 bits per heavy atom. The number of hydrogen-bond donors (Lipinski definition) is 2. The number of nitrogens with one attached hydrogen (secondary N) is 2. The molecule has 1 saturated heterocycles. The molecule has 2 rings (SSSR count). The molecule has 1 amide bonds. The number of nitrogens with zero attached hydrogens (tertiary/aromatic N) is 1. The number of anilines is 1. The first kappa shape index (κ1) is 14.8. The smallest absolute Gasteiger partial charge is 0.251 e. The number of carbonyl (C=O) groups is 1. The van der Waals surface area contributed by atoms with E-state index in [1.807, 2.05) is 18.9 Å². The molecule has 1 atom stereocenters. The third-order valence-corrected chi connectivity index (χ3v) is 3.72. The van der Waals surface area contributed by atoms with Crippen LogP contribution in [0, 0.1) is 5.82 Å². The summed E-state index contributed by atoms with van der Waals surface area (Å²) in [5.41, 5.74) is 0.969. The van der Waals surface area contributed by atoms with Gasteiger partial charge >= 0.3 is 0 Å². The van der Waals surface area contributed by atoms with Crippen molar-refractivity contribution in [2.24, 2.45) is 0 Å². The van der Waals surface area contributed by atoms with E-state index in [9.17, 15) is 9.18 Å². The predicted octanol–water partition coefficient (Wildman–Crippen LogP) is 1.76. The van der Waals surface area contributed by atoms with Gasteiger partial charge in [0.05, 0.1) is 5.69 Å². The van der Waals surface area contributed by atoms with Gasteiger partial charge in [0.1, 0.15) is 5.82 Å². The van der Waals surface area contributed by atoms with Crippen molar-refractivity contribution in [3.8, 4) is 0 Å². The normalized spacial score (nSPS) is 16.2. The molecule has 0 aliphatic carbocycles. The second-order valence-corrected chi connectivity index (χ2v) is 5.26. The molecule has 1 aromatic rings. The summed E-state index contributed by atoms with van der Waals surface area (Å²) in [5, 5.41) is 5.82. The lowest BCUT2D eigenvalue weighted by Gasteiger charge is -2.18. The molecule has 1 aliphatic heterocycles. The van der Waals surface area contributed by atoms with Crippen LogP contribution in [0.3, 0.4) is 0 Å². The zero-order valence-electron chi connectivity index (χ0n) is 12.1. The van der Waals surface area contributed by atoms with Crippen molar-refractivity contribution < 1.29 is 9.18 Å². The van der Waals surface area contributed by atoms with Crippen LogP contribution >= 0.6 is 0 Å². The second-order valence-electron chi connectivity index (χ2n) is 5.26. The quantitative estimate of drug-likeness (QED) is 0.863. The number of hydrogen-bond acceptors (Lipinski definition) is 3. The third-order valence-electron chi connectivity index (χ3n) is 3.72. The van der Waals surface area contributed by atoms with Gasteiger partial charge in [0, 0.05) is 31.2 Å². The number of carbonyl (C=O) groups excluding carboxylic acids is 1. The number of halogens is 1. The third kappa shape index (κ3) is 3.48. The van der Waals surface area contributed by atoms with E-state index in [0.29, 0.717) is 17.8 Å². The Morgan fingerprint density at radius 1 is 1.40 bits per heavy atom. The van der Waals surface area contributed by atoms with Gasteiger partial charge in [0.25, 0.3) is 5.91 Å². The maximum Gasteiger partial charge on any atom is 0.251 e. The molecule has 110 valence electrons. The lowest BCUT2D eigenvalue weighted by Crippen LogP contribution is -2.37. The van der Waals surface area contributed by atoms with E-state index < -0.39 is 0 Å². The van der Waals surface area contributed by atoms with Gasteiger partial charge in [-0.25, -0.2) is 4.39 Å². The molecule has 0 aromatic heterocycles. The van der Waals surface area contributed by atoms with Crippen molar-refractivity contribution in [1.29, 1.82) is 0 Å². The Morgan fingerprint density at radius 3 is 2.70 bits per heavy atom. The average molecular weight is 279 g/mol. The number of rotatable bonds is 5. The van der Waals surface area contributed by atoms with E-state index in [1.165, 1.54) is 6.07 Å². The lowest BCUT2D eigenvalue weighted by atomic mass is 10.1. The first-order valence-electron chi connectivity index (χ1n) is 7.12. The molecule has 0 spiro atoms. The first-order chi connectivity index (χ1) is 9.61. The summed E-state index contributed by atoms with van der Waals surface area (Å²) >= 11 is 0. The summed E-state index contributed by atoms with van der Waals surface area (Å²) in [6, 6.07) is 4.91. The monoisotopic (exact) mass is 279 g/mol. The van der Waals surface area contributed by atoms with E-state index in [1.54, 1.807) is 12.1 Å². The summed E-state index contributed by atoms with van der Waals surface area (Å²) < 4.78 is 14.1. The summed E-state index contributed by atoms with van der Waals surface area (Å²) in [5.74, 6) is -0.555. The van der Waals surface area contributed by atoms with Crippen LogP contribution in [0.2, 0.25) is 0 Å². The molecule has 0 radical (unpaired) electrons. The van der Waals surface area contributed by atoms with Gasteiger partial charge in [-0.3, -0.25) is 4.79 Å². The fourth-order valence-electron chi connectivity index (χ4n) is 2.31. The molecule has 1 heterocycles. The van der Waals surface area contributed by atoms with Gasteiger partial charge in [-0.2, -0.15) is 0 Å². The van der Waals surface area contributed by atoms with Crippen molar-refractivity contribution in [1.82, 2.24) is 10.6 Å². The van der Waals surface area contributed by atoms with E-state index in [4.69, 9.17) is 0 Å². The van der Waals surface area contributed by atoms with Crippen molar-refractivity contribution in [2.45, 2.75) is 25.8 Å². The lowest BCUT2D eigenvalue weighted by molar-refractivity contribution is 0.0950. The van der Waals surface area contributed by atoms with Crippen molar-refractivity contribution in [2.75, 3.05) is 31.6 Å². The largest absolute Gasteiger partial charge is 0.369 e. The molecule has 2 N–H and O–H groups in total. The summed E-state index contributed by atoms with van der Waals surface area (Å²) in [6.07, 6.45) is 2.20. The van der Waals surface area contributed by atoms with Crippen LogP contribution < -0.4 is 15.5 Å². The van der Waals surface area contributed by atoms with E-state index in [0.717, 1.165) is 25.9 Å². The highest BCUT2D eigenvalue weighted by molar-refractivity contribution is 5.94. The zero-order valence-corrected chi connectivity index (χ0v) is 12.1. The van der Waals surface area contributed by atoms with E-state index >= 15 is 0 Å². The summed E-state index contributed by atoms with van der Waals surface area (Å²) in [7, 11) is 1.83. The van der Waals surface area contributed by atoms with Crippen LogP contribution in [-0.4, -0.2) is 38.6 Å². The van der Waals surface area contributed by atoms with Gasteiger partial charge < -0.3 is 15.5 Å². The number of likely N-dealkylation sites (N-methyl/N-ethyl adjacent to an activating group) is 1. The van der Waals surface area contributed by atoms with Crippen molar-refractivity contribution >= 4 is 11.6 Å². The highest BCUT2D eigenvalue weighted by Crippen LogP contribution is 2.24. The Kier molecular flexibility index (Phi) is 4.95. The molecule has 5 heteroatoms. The van der Waals surface area contributed by atoms with Gasteiger partial charge in [-0.05, 0) is 45.0 Å². The van der Waals surface area contributed by atoms with Gasteiger partial charge in [-0.1, -0.05) is 0 Å². The van der Waals surface area contributed by atoms with Crippen LogP contribution in [0.1, 0.15) is 30.1 Å². The minimum Gasteiger partial charge on any atom is -0.369 e. The zero-order chi connectivity index (χ0) is 14.5. The Hall–Kier alpha value is -1.62. The molecule has 20 heavy (non-hydrogen) atoms. The Bertz CT molecular complexity index is 472. The highest BCUT2D eigenvalue weighted by atomic mass is 19.1. The highest BCUT2D eigenvalue weighted by Gasteiger charge is 2.17. The van der Waals surface area contributed by atoms with Crippen molar-refractivity contribution in [3.05, 3.63) is 29.6 Å². The minimum atomic E-state index is -0.318. The van der Waals surface area contributed by atoms with Crippen LogP contribution in [0.4, 0.5) is 10.1 Å². The SMILES string of the molecule is CNC(C)CNC(=O)c1ccc(N2CCCC2)c(F)c1. The van der Waals surface area contributed by atoms with Gasteiger partial charge in [0.2, 0.25) is 0 Å². The first-order valence-corrected chi connectivity index (χ1v) is 7.12. The minimum absolute atomic E-state index is 0.188. The molecular weight excluding hydrogens is 257 g/mol. The maximum absolute atomic E-state index is 14.1. The molecule has 1 fully saturated rings. The number of benzene rings is 1. The van der Waals surface area contributed by atoms with E-state index in [2.05, 4.69) is 10.6 Å². The van der Waals surface area contributed by atoms with Gasteiger partial charge in [0.15, 0.2) is 0 Å². The Balaban J connectivity index is 2.02. The molecule has 0 bridgehead atoms. The average Bonchev–Trinajstić information content (AvgIpc) is 2.98. The summed E-state index contributed by atoms with van der Waals surface area (Å²) in [4.78, 5) is 14.0. The molecule has 4 nitrogen and oxygen atoms in total. The fourth-order valence-corrected chi connectivity index (χ4v) is 2.31. The Labute approximate surface area is 119 Å². The number of amides is 1. The van der Waals surface area contributed by atoms with Crippen LogP contribution in [-0.2, 0) is 0 Å². The fraction of sp³-hybridized carbons (Fsp3) is 0.533. The summed E-state index contributed by atoms with van der Waals surface area (Å²) in [6.45, 7) is 4.27. The van der Waals surface area contributed by atoms with Crippen LogP contribution in [0.25, 0.3) is 0 Å².